The van der Waals surface area contributed by atoms with Crippen LogP contribution in [0.5, 0.6) is 0 Å². The van der Waals surface area contributed by atoms with E-state index < -0.39 is 5.97 Å². The summed E-state index contributed by atoms with van der Waals surface area (Å²) in [6, 6.07) is 12.9. The van der Waals surface area contributed by atoms with E-state index >= 15 is 0 Å². The molecule has 0 aliphatic carbocycles. The van der Waals surface area contributed by atoms with Crippen molar-refractivity contribution in [3.8, 4) is 0 Å². The highest BCUT2D eigenvalue weighted by Gasteiger charge is 2.23. The van der Waals surface area contributed by atoms with Gasteiger partial charge >= 0.3 is 5.97 Å². The number of hydrogen-bond acceptors (Lipinski definition) is 3. The van der Waals surface area contributed by atoms with Gasteiger partial charge < -0.3 is 15.3 Å². The molecule has 0 saturated carbocycles. The molecular formula is C18H18Cl2N2O2. The van der Waals surface area contributed by atoms with E-state index in [4.69, 9.17) is 28.3 Å². The van der Waals surface area contributed by atoms with Crippen molar-refractivity contribution in [3.05, 3.63) is 63.6 Å². The molecule has 0 bridgehead atoms. The molecule has 0 amide bonds. The Kier molecular flexibility index (Phi) is 5.29. The van der Waals surface area contributed by atoms with Crippen molar-refractivity contribution in [2.75, 3.05) is 18.0 Å². The van der Waals surface area contributed by atoms with Crippen LogP contribution in [0.1, 0.15) is 22.3 Å². The topological polar surface area (TPSA) is 52.6 Å². The molecule has 1 unspecified atom stereocenters. The molecule has 6 heteroatoms. The molecule has 0 spiro atoms. The maximum atomic E-state index is 11.0. The van der Waals surface area contributed by atoms with Gasteiger partial charge in [0.1, 0.15) is 0 Å². The van der Waals surface area contributed by atoms with Crippen LogP contribution in [0.25, 0.3) is 0 Å². The zero-order valence-electron chi connectivity index (χ0n) is 13.0. The lowest BCUT2D eigenvalue weighted by atomic mass is 10.1. The second kappa shape index (κ2) is 7.43. The van der Waals surface area contributed by atoms with E-state index in [-0.39, 0.29) is 0 Å². The lowest BCUT2D eigenvalue weighted by molar-refractivity contribution is 0.0696. The molecule has 1 heterocycles. The largest absolute Gasteiger partial charge is 0.478 e. The first-order valence-electron chi connectivity index (χ1n) is 7.78. The van der Waals surface area contributed by atoms with Gasteiger partial charge in [-0.25, -0.2) is 4.79 Å². The number of nitrogens with zero attached hydrogens (tertiary/aromatic N) is 1. The summed E-state index contributed by atoms with van der Waals surface area (Å²) < 4.78 is 0. The number of carboxylic acid groups (broad SMARTS) is 1. The number of rotatable bonds is 5. The Hall–Kier alpha value is -1.75. The molecule has 1 fully saturated rings. The van der Waals surface area contributed by atoms with Gasteiger partial charge in [-0.15, -0.1) is 0 Å². The van der Waals surface area contributed by atoms with Gasteiger partial charge in [0, 0.05) is 30.7 Å². The van der Waals surface area contributed by atoms with Crippen molar-refractivity contribution >= 4 is 34.9 Å². The Morgan fingerprint density at radius 1 is 1.25 bits per heavy atom. The second-order valence-electron chi connectivity index (χ2n) is 5.91. The number of carboxylic acids is 1. The number of benzene rings is 2. The van der Waals surface area contributed by atoms with E-state index in [0.717, 1.165) is 30.8 Å². The summed E-state index contributed by atoms with van der Waals surface area (Å²) in [5, 5.41) is 13.8. The quantitative estimate of drug-likeness (QED) is 0.839. The summed E-state index contributed by atoms with van der Waals surface area (Å²) in [5.41, 5.74) is 2.28. The van der Waals surface area contributed by atoms with Gasteiger partial charge in [-0.3, -0.25) is 0 Å². The fourth-order valence-corrected chi connectivity index (χ4v) is 3.49. The summed E-state index contributed by atoms with van der Waals surface area (Å²) in [6.07, 6.45) is 1.01. The highest BCUT2D eigenvalue weighted by atomic mass is 35.5. The predicted octanol–water partition coefficient (Wildman–Crippen LogP) is 4.06. The van der Waals surface area contributed by atoms with Crippen LogP contribution in [0.4, 0.5) is 5.69 Å². The third-order valence-electron chi connectivity index (χ3n) is 4.21. The smallest absolute Gasteiger partial charge is 0.335 e. The highest BCUT2D eigenvalue weighted by molar-refractivity contribution is 6.36. The number of anilines is 1. The van der Waals surface area contributed by atoms with Crippen molar-refractivity contribution in [2.24, 2.45) is 0 Å². The molecule has 4 nitrogen and oxygen atoms in total. The van der Waals surface area contributed by atoms with Gasteiger partial charge in [-0.05, 0) is 42.3 Å². The summed E-state index contributed by atoms with van der Waals surface area (Å²) in [7, 11) is 0. The Morgan fingerprint density at radius 2 is 2.08 bits per heavy atom. The summed E-state index contributed by atoms with van der Waals surface area (Å²) >= 11 is 12.2. The van der Waals surface area contributed by atoms with Crippen molar-refractivity contribution in [1.82, 2.24) is 5.32 Å². The Morgan fingerprint density at radius 3 is 2.83 bits per heavy atom. The standard InChI is InChI=1S/C18H18Cl2N2O2/c19-14-4-5-17(16(20)9-14)22-7-6-15(11-22)21-10-12-2-1-3-13(8-12)18(23)24/h1-5,8-9,15,21H,6-7,10-11H2,(H,23,24). The minimum absolute atomic E-state index is 0.315. The Balaban J connectivity index is 1.58. The van der Waals surface area contributed by atoms with Crippen molar-refractivity contribution < 1.29 is 9.90 Å². The fourth-order valence-electron chi connectivity index (χ4n) is 2.96. The summed E-state index contributed by atoms with van der Waals surface area (Å²) in [5.74, 6) is -0.902. The van der Waals surface area contributed by atoms with Crippen molar-refractivity contribution in [1.29, 1.82) is 0 Å². The molecule has 2 aromatic carbocycles. The number of nitrogens with one attached hydrogen (secondary N) is 1. The van der Waals surface area contributed by atoms with Crippen LogP contribution in [0.15, 0.2) is 42.5 Å². The Bertz CT molecular complexity index is 752. The monoisotopic (exact) mass is 364 g/mol. The minimum atomic E-state index is -0.902. The first kappa shape index (κ1) is 17.1. The van der Waals surface area contributed by atoms with Crippen molar-refractivity contribution in [3.63, 3.8) is 0 Å². The van der Waals surface area contributed by atoms with Crippen LogP contribution < -0.4 is 10.2 Å². The molecule has 126 valence electrons. The van der Waals surface area contributed by atoms with Gasteiger partial charge in [-0.2, -0.15) is 0 Å². The van der Waals surface area contributed by atoms with Gasteiger partial charge in [0.05, 0.1) is 16.3 Å². The molecule has 2 aromatic rings. The number of aromatic carboxylic acids is 1. The van der Waals surface area contributed by atoms with Crippen LogP contribution in [-0.4, -0.2) is 30.2 Å². The fraction of sp³-hybridized carbons (Fsp3) is 0.278. The van der Waals surface area contributed by atoms with E-state index in [1.165, 1.54) is 0 Å². The minimum Gasteiger partial charge on any atom is -0.478 e. The zero-order chi connectivity index (χ0) is 17.1. The van der Waals surface area contributed by atoms with E-state index in [2.05, 4.69) is 10.2 Å². The van der Waals surface area contributed by atoms with Gasteiger partial charge in [0.15, 0.2) is 0 Å². The van der Waals surface area contributed by atoms with Crippen LogP contribution >= 0.6 is 23.2 Å². The average Bonchev–Trinajstić information content (AvgIpc) is 3.02. The molecular weight excluding hydrogens is 347 g/mol. The van der Waals surface area contributed by atoms with Gasteiger partial charge in [0.2, 0.25) is 0 Å². The zero-order valence-corrected chi connectivity index (χ0v) is 14.5. The molecule has 1 saturated heterocycles. The highest BCUT2D eigenvalue weighted by Crippen LogP contribution is 2.31. The third-order valence-corrected chi connectivity index (χ3v) is 4.75. The molecule has 0 radical (unpaired) electrons. The number of carbonyl (C=O) groups is 1. The van der Waals surface area contributed by atoms with Crippen LogP contribution in [-0.2, 0) is 6.54 Å². The second-order valence-corrected chi connectivity index (χ2v) is 6.76. The maximum Gasteiger partial charge on any atom is 0.335 e. The summed E-state index contributed by atoms with van der Waals surface area (Å²) in [4.78, 5) is 13.3. The van der Waals surface area contributed by atoms with Crippen molar-refractivity contribution in [2.45, 2.75) is 19.0 Å². The van der Waals surface area contributed by atoms with E-state index in [1.807, 2.05) is 18.2 Å². The number of halogens is 2. The molecule has 1 aliphatic rings. The molecule has 1 atom stereocenters. The normalized spacial score (nSPS) is 17.2. The van der Waals surface area contributed by atoms with E-state index in [1.54, 1.807) is 24.3 Å². The predicted molar refractivity (Wildman–Crippen MR) is 97.3 cm³/mol. The average molecular weight is 365 g/mol. The van der Waals surface area contributed by atoms with E-state index in [0.29, 0.717) is 28.2 Å². The molecule has 1 aliphatic heterocycles. The first-order chi connectivity index (χ1) is 11.5. The van der Waals surface area contributed by atoms with Crippen LogP contribution in [0.3, 0.4) is 0 Å². The lowest BCUT2D eigenvalue weighted by Gasteiger charge is -2.20. The van der Waals surface area contributed by atoms with Gasteiger partial charge in [-0.1, -0.05) is 35.3 Å². The molecule has 2 N–H and O–H groups in total. The Labute approximate surface area is 151 Å². The molecule has 3 rings (SSSR count). The third kappa shape index (κ3) is 4.01. The lowest BCUT2D eigenvalue weighted by Crippen LogP contribution is -2.32. The van der Waals surface area contributed by atoms with Gasteiger partial charge in [0.25, 0.3) is 0 Å². The van der Waals surface area contributed by atoms with Crippen LogP contribution in [0, 0.1) is 0 Å². The molecule has 24 heavy (non-hydrogen) atoms. The van der Waals surface area contributed by atoms with Crippen LogP contribution in [0.2, 0.25) is 10.0 Å². The maximum absolute atomic E-state index is 11.0. The number of hydrogen-bond donors (Lipinski definition) is 2. The first-order valence-corrected chi connectivity index (χ1v) is 8.54. The molecule has 0 aromatic heterocycles. The van der Waals surface area contributed by atoms with E-state index in [9.17, 15) is 4.79 Å². The summed E-state index contributed by atoms with van der Waals surface area (Å²) in [6.45, 7) is 2.43. The SMILES string of the molecule is O=C(O)c1cccc(CNC2CCN(c3ccc(Cl)cc3Cl)C2)c1.